The van der Waals surface area contributed by atoms with Crippen molar-refractivity contribution in [3.8, 4) is 0 Å². The summed E-state index contributed by atoms with van der Waals surface area (Å²) in [5, 5.41) is 22.0. The van der Waals surface area contributed by atoms with Gasteiger partial charge in [-0.1, -0.05) is 36.4 Å². The van der Waals surface area contributed by atoms with E-state index in [2.05, 4.69) is 10.3 Å². The van der Waals surface area contributed by atoms with Gasteiger partial charge in [0.2, 0.25) is 5.95 Å². The fourth-order valence-corrected chi connectivity index (χ4v) is 1.86. The Bertz CT molecular complexity index is 639. The molecule has 23 heavy (non-hydrogen) atoms. The van der Waals surface area contributed by atoms with E-state index in [4.69, 9.17) is 4.74 Å². The third kappa shape index (κ3) is 5.32. The quantitative estimate of drug-likeness (QED) is 0.702. The minimum absolute atomic E-state index is 0.0167. The Morgan fingerprint density at radius 1 is 1.17 bits per heavy atom. The van der Waals surface area contributed by atoms with Crippen LogP contribution in [0, 0.1) is 5.95 Å². The molecule has 2 aromatic rings. The number of pyridine rings is 1. The fourth-order valence-electron chi connectivity index (χ4n) is 1.86. The number of aliphatic hydroxyl groups is 2. The van der Waals surface area contributed by atoms with Crippen LogP contribution in [0.15, 0.2) is 48.5 Å². The fraction of sp³-hybridized carbons (Fsp3) is 0.250. The highest BCUT2D eigenvalue weighted by molar-refractivity contribution is 5.67. The van der Waals surface area contributed by atoms with Crippen molar-refractivity contribution < 1.29 is 24.1 Å². The Kier molecular flexibility index (Phi) is 6.02. The molecule has 7 heteroatoms. The second-order valence-corrected chi connectivity index (χ2v) is 4.84. The van der Waals surface area contributed by atoms with Gasteiger partial charge in [-0.25, -0.2) is 9.78 Å². The SMILES string of the molecule is O=C(NCC(O)C(O)c1cccc(F)n1)OCc1ccccc1. The Morgan fingerprint density at radius 2 is 1.91 bits per heavy atom. The van der Waals surface area contributed by atoms with Crippen LogP contribution in [0.1, 0.15) is 17.4 Å². The second kappa shape index (κ2) is 8.21. The van der Waals surface area contributed by atoms with Crippen LogP contribution in [0.5, 0.6) is 0 Å². The number of halogens is 1. The largest absolute Gasteiger partial charge is 0.445 e. The van der Waals surface area contributed by atoms with Gasteiger partial charge in [0, 0.05) is 6.54 Å². The first-order valence-electron chi connectivity index (χ1n) is 6.99. The zero-order valence-corrected chi connectivity index (χ0v) is 12.2. The normalized spacial score (nSPS) is 13.2. The lowest BCUT2D eigenvalue weighted by atomic mass is 10.1. The molecule has 1 aromatic carbocycles. The Labute approximate surface area is 132 Å². The van der Waals surface area contributed by atoms with Gasteiger partial charge in [-0.2, -0.15) is 4.39 Å². The first-order chi connectivity index (χ1) is 11.1. The summed E-state index contributed by atoms with van der Waals surface area (Å²) in [6, 6.07) is 13.0. The number of carbonyl (C=O) groups is 1. The van der Waals surface area contributed by atoms with E-state index in [1.54, 1.807) is 0 Å². The molecule has 0 aliphatic rings. The van der Waals surface area contributed by atoms with Crippen LogP contribution < -0.4 is 5.32 Å². The van der Waals surface area contributed by atoms with Gasteiger partial charge in [0.05, 0.1) is 5.69 Å². The first-order valence-corrected chi connectivity index (χ1v) is 6.99. The average molecular weight is 320 g/mol. The molecule has 0 bridgehead atoms. The molecule has 0 aliphatic heterocycles. The van der Waals surface area contributed by atoms with Gasteiger partial charge < -0.3 is 20.3 Å². The number of nitrogens with zero attached hydrogens (tertiary/aromatic N) is 1. The number of alkyl carbamates (subject to hydrolysis) is 1. The average Bonchev–Trinajstić information content (AvgIpc) is 2.58. The van der Waals surface area contributed by atoms with E-state index in [0.29, 0.717) is 0 Å². The summed E-state index contributed by atoms with van der Waals surface area (Å²) in [5.74, 6) is -0.760. The number of rotatable bonds is 6. The molecule has 1 heterocycles. The van der Waals surface area contributed by atoms with Gasteiger partial charge in [-0.15, -0.1) is 0 Å². The lowest BCUT2D eigenvalue weighted by Gasteiger charge is -2.17. The minimum Gasteiger partial charge on any atom is -0.445 e. The van der Waals surface area contributed by atoms with E-state index in [-0.39, 0.29) is 18.8 Å². The summed E-state index contributed by atoms with van der Waals surface area (Å²) in [4.78, 5) is 15.0. The molecule has 6 nitrogen and oxygen atoms in total. The van der Waals surface area contributed by atoms with Gasteiger partial charge in [0.25, 0.3) is 0 Å². The van der Waals surface area contributed by atoms with Gasteiger partial charge in [-0.05, 0) is 17.7 Å². The molecule has 0 saturated heterocycles. The van der Waals surface area contributed by atoms with E-state index in [1.807, 2.05) is 30.3 Å². The molecule has 2 unspecified atom stereocenters. The van der Waals surface area contributed by atoms with Crippen LogP contribution >= 0.6 is 0 Å². The van der Waals surface area contributed by atoms with Crippen molar-refractivity contribution in [2.24, 2.45) is 0 Å². The Balaban J connectivity index is 1.77. The topological polar surface area (TPSA) is 91.7 Å². The van der Waals surface area contributed by atoms with Gasteiger partial charge >= 0.3 is 6.09 Å². The number of carbonyl (C=O) groups excluding carboxylic acids is 1. The smallest absolute Gasteiger partial charge is 0.407 e. The van der Waals surface area contributed by atoms with Crippen LogP contribution in [0.25, 0.3) is 0 Å². The van der Waals surface area contributed by atoms with Crippen LogP contribution in [0.3, 0.4) is 0 Å². The van der Waals surface area contributed by atoms with Crippen molar-refractivity contribution in [3.63, 3.8) is 0 Å². The van der Waals surface area contributed by atoms with E-state index in [1.165, 1.54) is 12.1 Å². The molecule has 1 aromatic heterocycles. The molecular formula is C16H17FN2O4. The van der Waals surface area contributed by atoms with E-state index < -0.39 is 24.2 Å². The predicted octanol–water partition coefficient (Wildman–Crippen LogP) is 1.54. The summed E-state index contributed by atoms with van der Waals surface area (Å²) in [5.41, 5.74) is 0.809. The van der Waals surface area contributed by atoms with Crippen molar-refractivity contribution in [1.29, 1.82) is 0 Å². The Morgan fingerprint density at radius 3 is 2.61 bits per heavy atom. The van der Waals surface area contributed by atoms with Crippen LogP contribution in [-0.2, 0) is 11.3 Å². The first kappa shape index (κ1) is 16.9. The summed E-state index contributed by atoms with van der Waals surface area (Å²) in [7, 11) is 0. The molecule has 0 fully saturated rings. The van der Waals surface area contributed by atoms with Gasteiger partial charge in [0.15, 0.2) is 0 Å². The standard InChI is InChI=1S/C16H17FN2O4/c17-14-8-4-7-12(19-14)15(21)13(20)9-18-16(22)23-10-11-5-2-1-3-6-11/h1-8,13,15,20-21H,9-10H2,(H,18,22). The van der Waals surface area contributed by atoms with Crippen molar-refractivity contribution in [1.82, 2.24) is 10.3 Å². The minimum atomic E-state index is -1.42. The number of hydrogen-bond donors (Lipinski definition) is 3. The lowest BCUT2D eigenvalue weighted by Crippen LogP contribution is -2.36. The van der Waals surface area contributed by atoms with E-state index >= 15 is 0 Å². The predicted molar refractivity (Wildman–Crippen MR) is 79.8 cm³/mol. The van der Waals surface area contributed by atoms with E-state index in [9.17, 15) is 19.4 Å². The maximum atomic E-state index is 13.0. The highest BCUT2D eigenvalue weighted by Crippen LogP contribution is 2.14. The van der Waals surface area contributed by atoms with Crippen LogP contribution in [0.2, 0.25) is 0 Å². The highest BCUT2D eigenvalue weighted by Gasteiger charge is 2.21. The summed E-state index contributed by atoms with van der Waals surface area (Å²) >= 11 is 0. The molecule has 0 spiro atoms. The molecule has 0 aliphatic carbocycles. The Hall–Kier alpha value is -2.51. The van der Waals surface area contributed by atoms with Crippen molar-refractivity contribution >= 4 is 6.09 Å². The molecule has 0 radical (unpaired) electrons. The lowest BCUT2D eigenvalue weighted by molar-refractivity contribution is 0.0155. The van der Waals surface area contributed by atoms with Crippen LogP contribution in [0.4, 0.5) is 9.18 Å². The monoisotopic (exact) mass is 320 g/mol. The van der Waals surface area contributed by atoms with E-state index in [0.717, 1.165) is 11.6 Å². The number of hydrogen-bond acceptors (Lipinski definition) is 5. The highest BCUT2D eigenvalue weighted by atomic mass is 19.1. The summed E-state index contributed by atoms with van der Waals surface area (Å²) in [6.45, 7) is -0.163. The third-order valence-electron chi connectivity index (χ3n) is 3.07. The maximum Gasteiger partial charge on any atom is 0.407 e. The van der Waals surface area contributed by atoms with Gasteiger partial charge in [-0.3, -0.25) is 0 Å². The molecule has 1 amide bonds. The zero-order valence-electron chi connectivity index (χ0n) is 12.2. The second-order valence-electron chi connectivity index (χ2n) is 4.84. The third-order valence-corrected chi connectivity index (χ3v) is 3.07. The van der Waals surface area contributed by atoms with Gasteiger partial charge in [0.1, 0.15) is 18.8 Å². The molecule has 3 N–H and O–H groups in total. The zero-order chi connectivity index (χ0) is 16.7. The van der Waals surface area contributed by atoms with Crippen molar-refractivity contribution in [3.05, 3.63) is 65.7 Å². The van der Waals surface area contributed by atoms with Crippen molar-refractivity contribution in [2.75, 3.05) is 6.54 Å². The summed E-state index contributed by atoms with van der Waals surface area (Å²) < 4.78 is 17.9. The number of aromatic nitrogens is 1. The number of amides is 1. The maximum absolute atomic E-state index is 13.0. The number of ether oxygens (including phenoxy) is 1. The molecule has 2 rings (SSSR count). The molecule has 122 valence electrons. The van der Waals surface area contributed by atoms with Crippen LogP contribution in [-0.4, -0.2) is 33.9 Å². The molecule has 2 atom stereocenters. The molecular weight excluding hydrogens is 303 g/mol. The number of benzene rings is 1. The number of nitrogens with one attached hydrogen (secondary N) is 1. The number of aliphatic hydroxyl groups excluding tert-OH is 2. The molecule has 0 saturated carbocycles. The summed E-state index contributed by atoms with van der Waals surface area (Å²) in [6.07, 6.45) is -3.49. The van der Waals surface area contributed by atoms with Crippen molar-refractivity contribution in [2.45, 2.75) is 18.8 Å².